The third-order valence-electron chi connectivity index (χ3n) is 3.57. The molecule has 0 unspecified atom stereocenters. The van der Waals surface area contributed by atoms with E-state index < -0.39 is 0 Å². The second kappa shape index (κ2) is 4.61. The van der Waals surface area contributed by atoms with Crippen molar-refractivity contribution in [2.75, 3.05) is 0 Å². The summed E-state index contributed by atoms with van der Waals surface area (Å²) in [6.45, 7) is 11.1. The predicted molar refractivity (Wildman–Crippen MR) is 80.1 cm³/mol. The smallest absolute Gasteiger partial charge is 0.0132 e. The minimum atomic E-state index is 0.204. The molecule has 0 heterocycles. The molecule has 0 aliphatic carbocycles. The molecule has 0 N–H and O–H groups in total. The average Bonchev–Trinajstić information content (AvgIpc) is 2.32. The fourth-order valence-corrected chi connectivity index (χ4v) is 2.09. The fraction of sp³-hybridized carbons (Fsp3) is 0.333. The molecule has 94 valence electrons. The van der Waals surface area contributed by atoms with Gasteiger partial charge in [0.2, 0.25) is 0 Å². The zero-order chi connectivity index (χ0) is 13.3. The molecule has 0 aromatic heterocycles. The highest BCUT2D eigenvalue weighted by Gasteiger charge is 2.13. The number of benzene rings is 2. The van der Waals surface area contributed by atoms with Crippen LogP contribution in [0, 0.1) is 13.8 Å². The van der Waals surface area contributed by atoms with Gasteiger partial charge >= 0.3 is 0 Å². The van der Waals surface area contributed by atoms with Gasteiger partial charge in [-0.2, -0.15) is 0 Å². The van der Waals surface area contributed by atoms with Gasteiger partial charge in [0.1, 0.15) is 0 Å². The maximum Gasteiger partial charge on any atom is -0.0132 e. The van der Waals surface area contributed by atoms with Crippen LogP contribution in [0.1, 0.15) is 37.5 Å². The summed E-state index contributed by atoms with van der Waals surface area (Å²) in [7, 11) is 0. The molecular weight excluding hydrogens is 216 g/mol. The molecule has 18 heavy (non-hydrogen) atoms. The van der Waals surface area contributed by atoms with Crippen LogP contribution in [-0.2, 0) is 5.41 Å². The summed E-state index contributed by atoms with van der Waals surface area (Å²) in [5.74, 6) is 0. The van der Waals surface area contributed by atoms with E-state index in [2.05, 4.69) is 77.1 Å². The summed E-state index contributed by atoms with van der Waals surface area (Å²) >= 11 is 0. The third kappa shape index (κ3) is 2.64. The van der Waals surface area contributed by atoms with Crippen molar-refractivity contribution < 1.29 is 0 Å². The van der Waals surface area contributed by atoms with E-state index in [1.165, 1.54) is 27.8 Å². The Morgan fingerprint density at radius 3 is 2.00 bits per heavy atom. The minimum Gasteiger partial charge on any atom is -0.0614 e. The summed E-state index contributed by atoms with van der Waals surface area (Å²) in [4.78, 5) is 0. The number of rotatable bonds is 1. The topological polar surface area (TPSA) is 0 Å². The first kappa shape index (κ1) is 12.9. The second-order valence-electron chi connectivity index (χ2n) is 6.13. The Hall–Kier alpha value is -1.56. The highest BCUT2D eigenvalue weighted by molar-refractivity contribution is 5.66. The fourth-order valence-electron chi connectivity index (χ4n) is 2.09. The van der Waals surface area contributed by atoms with E-state index in [1.807, 2.05) is 0 Å². The predicted octanol–water partition coefficient (Wildman–Crippen LogP) is 5.27. The van der Waals surface area contributed by atoms with Gasteiger partial charge in [0.05, 0.1) is 0 Å². The molecule has 0 radical (unpaired) electrons. The van der Waals surface area contributed by atoms with Crippen LogP contribution in [0.15, 0.2) is 42.5 Å². The van der Waals surface area contributed by atoms with Gasteiger partial charge in [-0.3, -0.25) is 0 Å². The second-order valence-corrected chi connectivity index (χ2v) is 6.13. The van der Waals surface area contributed by atoms with E-state index in [1.54, 1.807) is 0 Å². The van der Waals surface area contributed by atoms with Crippen molar-refractivity contribution in [3.63, 3.8) is 0 Å². The van der Waals surface area contributed by atoms with E-state index in [9.17, 15) is 0 Å². The molecule has 0 amide bonds. The van der Waals surface area contributed by atoms with Crippen molar-refractivity contribution in [1.29, 1.82) is 0 Å². The van der Waals surface area contributed by atoms with Crippen molar-refractivity contribution in [2.24, 2.45) is 0 Å². The maximum absolute atomic E-state index is 2.31. The monoisotopic (exact) mass is 238 g/mol. The van der Waals surface area contributed by atoms with Crippen molar-refractivity contribution in [3.05, 3.63) is 59.2 Å². The highest BCUT2D eigenvalue weighted by Crippen LogP contribution is 2.28. The molecular formula is C18H22. The van der Waals surface area contributed by atoms with Crippen LogP contribution in [0.5, 0.6) is 0 Å². The summed E-state index contributed by atoms with van der Waals surface area (Å²) in [6.07, 6.45) is 0. The molecule has 0 fully saturated rings. The summed E-state index contributed by atoms with van der Waals surface area (Å²) in [5, 5.41) is 0. The molecule has 0 spiro atoms. The van der Waals surface area contributed by atoms with Gasteiger partial charge in [-0.15, -0.1) is 0 Å². The van der Waals surface area contributed by atoms with Gasteiger partial charge in [0.25, 0.3) is 0 Å². The highest BCUT2D eigenvalue weighted by atomic mass is 14.2. The molecule has 0 nitrogen and oxygen atoms in total. The first-order valence-corrected chi connectivity index (χ1v) is 6.56. The molecule has 2 rings (SSSR count). The molecule has 0 aliphatic rings. The van der Waals surface area contributed by atoms with Gasteiger partial charge < -0.3 is 0 Å². The lowest BCUT2D eigenvalue weighted by atomic mass is 9.85. The maximum atomic E-state index is 2.31. The molecule has 0 heteroatoms. The van der Waals surface area contributed by atoms with Crippen LogP contribution in [0.3, 0.4) is 0 Å². The normalized spacial score (nSPS) is 11.6. The molecule has 2 aromatic rings. The lowest BCUT2D eigenvalue weighted by molar-refractivity contribution is 0.590. The third-order valence-corrected chi connectivity index (χ3v) is 3.57. The van der Waals surface area contributed by atoms with Crippen LogP contribution in [0.25, 0.3) is 11.1 Å². The first-order chi connectivity index (χ1) is 8.38. The Balaban J connectivity index is 2.48. The zero-order valence-corrected chi connectivity index (χ0v) is 12.0. The van der Waals surface area contributed by atoms with Crippen molar-refractivity contribution in [1.82, 2.24) is 0 Å². The summed E-state index contributed by atoms with van der Waals surface area (Å²) in [6, 6.07) is 15.6. The van der Waals surface area contributed by atoms with Gasteiger partial charge in [-0.25, -0.2) is 0 Å². The number of aryl methyl sites for hydroxylation is 2. The van der Waals surface area contributed by atoms with Crippen molar-refractivity contribution in [3.8, 4) is 11.1 Å². The SMILES string of the molecule is Cc1ccc(-c2cccc(C(C)(C)C)c2)cc1C. The Morgan fingerprint density at radius 2 is 1.39 bits per heavy atom. The van der Waals surface area contributed by atoms with Crippen molar-refractivity contribution >= 4 is 0 Å². The van der Waals surface area contributed by atoms with Crippen LogP contribution in [-0.4, -0.2) is 0 Å². The molecule has 0 saturated heterocycles. The van der Waals surface area contributed by atoms with E-state index in [-0.39, 0.29) is 5.41 Å². The lowest BCUT2D eigenvalue weighted by Crippen LogP contribution is -2.10. The van der Waals surface area contributed by atoms with Gasteiger partial charge in [0, 0.05) is 0 Å². The van der Waals surface area contributed by atoms with Gasteiger partial charge in [-0.05, 0) is 47.1 Å². The van der Waals surface area contributed by atoms with E-state index in [4.69, 9.17) is 0 Å². The lowest BCUT2D eigenvalue weighted by Gasteiger charge is -2.20. The van der Waals surface area contributed by atoms with Crippen molar-refractivity contribution in [2.45, 2.75) is 40.0 Å². The van der Waals surface area contributed by atoms with Crippen LogP contribution >= 0.6 is 0 Å². The Bertz CT molecular complexity index is 556. The average molecular weight is 238 g/mol. The molecule has 0 aliphatic heterocycles. The molecule has 0 bridgehead atoms. The quantitative estimate of drug-likeness (QED) is 0.635. The van der Waals surface area contributed by atoms with Crippen LogP contribution < -0.4 is 0 Å². The zero-order valence-electron chi connectivity index (χ0n) is 12.0. The van der Waals surface area contributed by atoms with Crippen LogP contribution in [0.4, 0.5) is 0 Å². The largest absolute Gasteiger partial charge is 0.0614 e. The summed E-state index contributed by atoms with van der Waals surface area (Å²) in [5.41, 5.74) is 6.92. The Morgan fingerprint density at radius 1 is 0.722 bits per heavy atom. The first-order valence-electron chi connectivity index (χ1n) is 6.56. The van der Waals surface area contributed by atoms with E-state index in [0.717, 1.165) is 0 Å². The van der Waals surface area contributed by atoms with E-state index in [0.29, 0.717) is 0 Å². The standard InChI is InChI=1S/C18H22/c1-13-9-10-16(11-14(13)2)15-7-6-8-17(12-15)18(3,4)5/h6-12H,1-5H3. The molecule has 0 saturated carbocycles. The van der Waals surface area contributed by atoms with Gasteiger partial charge in [-0.1, -0.05) is 63.2 Å². The Kier molecular flexibility index (Phi) is 3.30. The number of hydrogen-bond donors (Lipinski definition) is 0. The van der Waals surface area contributed by atoms with Gasteiger partial charge in [0.15, 0.2) is 0 Å². The summed E-state index contributed by atoms with van der Waals surface area (Å²) < 4.78 is 0. The molecule has 0 atom stereocenters. The molecule has 2 aromatic carbocycles. The van der Waals surface area contributed by atoms with E-state index >= 15 is 0 Å². The van der Waals surface area contributed by atoms with Crippen LogP contribution in [0.2, 0.25) is 0 Å². The minimum absolute atomic E-state index is 0.204. The number of hydrogen-bond acceptors (Lipinski definition) is 0. The Labute approximate surface area is 111 Å².